The van der Waals surface area contributed by atoms with Crippen LogP contribution in [0.2, 0.25) is 0 Å². The Kier molecular flexibility index (Phi) is 6.40. The van der Waals surface area contributed by atoms with Crippen molar-refractivity contribution in [1.29, 1.82) is 0 Å². The van der Waals surface area contributed by atoms with Crippen molar-refractivity contribution in [2.75, 3.05) is 19.6 Å². The van der Waals surface area contributed by atoms with E-state index >= 15 is 4.39 Å². The first kappa shape index (κ1) is 25.5. The molecule has 0 saturated heterocycles. The maximum atomic E-state index is 17.3. The number of hydrogen-bond donors (Lipinski definition) is 1. The number of carbonyl (C=O) groups is 3. The molecule has 0 aromatic heterocycles. The van der Waals surface area contributed by atoms with E-state index in [2.05, 4.69) is 0 Å². The van der Waals surface area contributed by atoms with Crippen molar-refractivity contribution in [3.8, 4) is 0 Å². The summed E-state index contributed by atoms with van der Waals surface area (Å²) >= 11 is 6.05. The molecule has 188 valence electrons. The average molecular weight is 497 g/mol. The first-order valence-corrected chi connectivity index (χ1v) is 12.6. The fourth-order valence-electron chi connectivity index (χ4n) is 7.91. The van der Waals surface area contributed by atoms with Crippen molar-refractivity contribution < 1.29 is 33.4 Å². The molecule has 1 N–H and O–H groups in total. The van der Waals surface area contributed by atoms with E-state index in [9.17, 15) is 19.5 Å². The number of hydrogen-bond acceptors (Lipinski definition) is 6. The molecule has 0 amide bonds. The highest BCUT2D eigenvalue weighted by Gasteiger charge is 2.77. The predicted molar refractivity (Wildman–Crippen MR) is 124 cm³/mol. The quantitative estimate of drug-likeness (QED) is 0.445. The third-order valence-electron chi connectivity index (χ3n) is 9.50. The molecule has 4 aliphatic carbocycles. The Morgan fingerprint density at radius 1 is 1.29 bits per heavy atom. The second-order valence-corrected chi connectivity index (χ2v) is 11.2. The van der Waals surface area contributed by atoms with Gasteiger partial charge >= 0.3 is 5.97 Å². The van der Waals surface area contributed by atoms with Crippen LogP contribution in [0.3, 0.4) is 0 Å². The minimum absolute atomic E-state index is 0.0225. The zero-order valence-electron chi connectivity index (χ0n) is 20.2. The molecule has 0 radical (unpaired) electrons. The lowest BCUT2D eigenvalue weighted by molar-refractivity contribution is -0.227. The molecule has 0 aliphatic heterocycles. The van der Waals surface area contributed by atoms with Crippen LogP contribution in [-0.4, -0.2) is 59.6 Å². The molecule has 4 aliphatic rings. The van der Waals surface area contributed by atoms with E-state index in [1.54, 1.807) is 13.0 Å². The van der Waals surface area contributed by atoms with E-state index in [4.69, 9.17) is 21.1 Å². The molecular weight excluding hydrogens is 463 g/mol. The maximum Gasteiger partial charge on any atom is 0.309 e. The first-order valence-electron chi connectivity index (χ1n) is 12.0. The molecule has 0 heterocycles. The minimum atomic E-state index is -2.02. The normalized spacial score (nSPS) is 45.1. The van der Waals surface area contributed by atoms with Crippen LogP contribution >= 0.6 is 11.6 Å². The van der Waals surface area contributed by atoms with E-state index < -0.39 is 51.8 Å². The number of Topliss-reactive ketones (excluding diaryl/α,β-unsaturated/α-hetero) is 1. The van der Waals surface area contributed by atoms with Gasteiger partial charge in [0.25, 0.3) is 0 Å². The predicted octanol–water partition coefficient (Wildman–Crippen LogP) is 3.73. The smallest absolute Gasteiger partial charge is 0.309 e. The zero-order valence-corrected chi connectivity index (χ0v) is 21.0. The minimum Gasteiger partial charge on any atom is -0.450 e. The van der Waals surface area contributed by atoms with Gasteiger partial charge < -0.3 is 14.6 Å². The molecule has 8 heteroatoms. The molecule has 8 atom stereocenters. The number of esters is 1. The van der Waals surface area contributed by atoms with E-state index in [0.717, 1.165) is 0 Å². The molecule has 0 unspecified atom stereocenters. The monoisotopic (exact) mass is 496 g/mol. The van der Waals surface area contributed by atoms with Crippen LogP contribution in [0.1, 0.15) is 52.9 Å². The number of methoxy groups -OCH3 is 1. The molecule has 0 bridgehead atoms. The highest BCUT2D eigenvalue weighted by molar-refractivity contribution is 6.29. The molecule has 0 spiro atoms. The molecule has 0 aromatic carbocycles. The van der Waals surface area contributed by atoms with Gasteiger partial charge in [-0.3, -0.25) is 14.4 Å². The second kappa shape index (κ2) is 8.52. The summed E-state index contributed by atoms with van der Waals surface area (Å²) in [6.07, 6.45) is 4.41. The highest BCUT2D eigenvalue weighted by Crippen LogP contribution is 2.71. The number of ether oxygens (including phenoxy) is 2. The van der Waals surface area contributed by atoms with Gasteiger partial charge in [-0.2, -0.15) is 0 Å². The van der Waals surface area contributed by atoms with Gasteiger partial charge in [-0.05, 0) is 50.7 Å². The largest absolute Gasteiger partial charge is 0.450 e. The maximum absolute atomic E-state index is 17.3. The van der Waals surface area contributed by atoms with Crippen LogP contribution in [-0.2, 0) is 23.9 Å². The van der Waals surface area contributed by atoms with Gasteiger partial charge in [0.05, 0.1) is 25.0 Å². The number of rotatable bonds is 6. The number of aliphatic hydroxyl groups is 1. The Labute approximate surface area is 204 Å². The number of ketones is 2. The van der Waals surface area contributed by atoms with Gasteiger partial charge in [0, 0.05) is 29.8 Å². The molecule has 34 heavy (non-hydrogen) atoms. The summed E-state index contributed by atoms with van der Waals surface area (Å²) in [6.45, 7) is 5.58. The topological polar surface area (TPSA) is 89.9 Å². The van der Waals surface area contributed by atoms with E-state index in [1.807, 2.05) is 13.8 Å². The van der Waals surface area contributed by atoms with Crippen molar-refractivity contribution >= 4 is 29.1 Å². The van der Waals surface area contributed by atoms with Crippen LogP contribution in [0, 0.1) is 28.6 Å². The van der Waals surface area contributed by atoms with Gasteiger partial charge in [-0.1, -0.05) is 25.5 Å². The van der Waals surface area contributed by atoms with Crippen LogP contribution < -0.4 is 0 Å². The zero-order chi connectivity index (χ0) is 25.1. The molecule has 0 aromatic rings. The summed E-state index contributed by atoms with van der Waals surface area (Å²) in [5.41, 5.74) is -4.99. The lowest BCUT2D eigenvalue weighted by Gasteiger charge is -2.62. The lowest BCUT2D eigenvalue weighted by Crippen LogP contribution is -2.70. The summed E-state index contributed by atoms with van der Waals surface area (Å²) in [6, 6.07) is 0. The van der Waals surface area contributed by atoms with Gasteiger partial charge in [0.2, 0.25) is 0 Å². The summed E-state index contributed by atoms with van der Waals surface area (Å²) < 4.78 is 28.2. The molecule has 6 nitrogen and oxygen atoms in total. The third-order valence-corrected chi connectivity index (χ3v) is 9.74. The van der Waals surface area contributed by atoms with Gasteiger partial charge in [0.1, 0.15) is 0 Å². The summed E-state index contributed by atoms with van der Waals surface area (Å²) in [5.74, 6) is -2.80. The van der Waals surface area contributed by atoms with Crippen molar-refractivity contribution in [2.24, 2.45) is 28.6 Å². The van der Waals surface area contributed by atoms with Crippen LogP contribution in [0.25, 0.3) is 0 Å². The molecule has 3 fully saturated rings. The third kappa shape index (κ3) is 3.15. The van der Waals surface area contributed by atoms with Gasteiger partial charge in [-0.25, -0.2) is 4.39 Å². The Balaban J connectivity index is 1.80. The average Bonchev–Trinajstić information content (AvgIpc) is 3.00. The first-order chi connectivity index (χ1) is 15.9. The van der Waals surface area contributed by atoms with E-state index in [0.29, 0.717) is 24.8 Å². The van der Waals surface area contributed by atoms with Crippen LogP contribution in [0.15, 0.2) is 23.8 Å². The molecular formula is C26H34ClFO6. The Morgan fingerprint density at radius 2 is 2.00 bits per heavy atom. The Bertz CT molecular complexity index is 963. The number of aliphatic hydroxyl groups excluding tert-OH is 1. The molecule has 3 saturated carbocycles. The fourth-order valence-corrected chi connectivity index (χ4v) is 8.11. The number of allylic oxidation sites excluding steroid dienone is 4. The van der Waals surface area contributed by atoms with E-state index in [-0.39, 0.29) is 37.0 Å². The van der Waals surface area contributed by atoms with Crippen molar-refractivity contribution in [1.82, 2.24) is 0 Å². The Hall–Kier alpha value is -1.57. The van der Waals surface area contributed by atoms with Crippen LogP contribution in [0.4, 0.5) is 4.39 Å². The highest BCUT2D eigenvalue weighted by atomic mass is 35.5. The fraction of sp³-hybridized carbons (Fsp3) is 0.731. The van der Waals surface area contributed by atoms with Crippen LogP contribution in [0.5, 0.6) is 0 Å². The summed E-state index contributed by atoms with van der Waals surface area (Å²) in [5, 5.41) is 11.5. The van der Waals surface area contributed by atoms with E-state index in [1.165, 1.54) is 19.3 Å². The van der Waals surface area contributed by atoms with Gasteiger partial charge in [0.15, 0.2) is 22.8 Å². The SMILES string of the molecule is COCCC(=O)O[C@]1(C(=O)CCl)[C@@H](C)C[C@H]2[C@@H]3CCC4=CC(=O)C=C[C@]4(C)[C@@]3(F)[C@@H](O)C[C@@]21C. The number of carbonyl (C=O) groups excluding carboxylic acids is 3. The number of alkyl halides is 2. The Morgan fingerprint density at radius 3 is 2.65 bits per heavy atom. The van der Waals surface area contributed by atoms with Crippen molar-refractivity contribution in [3.63, 3.8) is 0 Å². The lowest BCUT2D eigenvalue weighted by atomic mass is 9.44. The standard InChI is InChI=1S/C26H34ClFO6/c1-15-11-19-18-6-5-16-12-17(29)7-9-23(16,2)25(18,28)20(30)13-24(19,3)26(15,21(31)14-27)34-22(32)8-10-33-4/h7,9,12,15,18-20,30H,5-6,8,10-11,13-14H2,1-4H3/t15-,18-,19-,20-,23-,24-,25-,26-/m0/s1. The molecule has 4 rings (SSSR count). The van der Waals surface area contributed by atoms with Crippen molar-refractivity contribution in [3.05, 3.63) is 23.8 Å². The number of halogens is 2. The van der Waals surface area contributed by atoms with Gasteiger partial charge in [-0.15, -0.1) is 11.6 Å². The second-order valence-electron chi connectivity index (χ2n) is 10.9. The summed E-state index contributed by atoms with van der Waals surface area (Å²) in [4.78, 5) is 38.2. The summed E-state index contributed by atoms with van der Waals surface area (Å²) in [7, 11) is 1.47. The van der Waals surface area contributed by atoms with Crippen molar-refractivity contribution in [2.45, 2.75) is 70.2 Å². The number of fused-ring (bicyclic) bond motifs is 5.